The summed E-state index contributed by atoms with van der Waals surface area (Å²) in [6.45, 7) is 0.628. The highest BCUT2D eigenvalue weighted by Crippen LogP contribution is 2.22. The predicted molar refractivity (Wildman–Crippen MR) is 90.1 cm³/mol. The van der Waals surface area contributed by atoms with Crippen LogP contribution in [0, 0.1) is 0 Å². The lowest BCUT2D eigenvalue weighted by atomic mass is 10.3. The lowest BCUT2D eigenvalue weighted by Gasteiger charge is -2.07. The van der Waals surface area contributed by atoms with Crippen LogP contribution in [0.3, 0.4) is 0 Å². The van der Waals surface area contributed by atoms with Gasteiger partial charge >= 0.3 is 0 Å². The molecule has 0 spiro atoms. The van der Waals surface area contributed by atoms with E-state index < -0.39 is 0 Å². The van der Waals surface area contributed by atoms with Crippen LogP contribution in [0.4, 0.5) is 0 Å². The van der Waals surface area contributed by atoms with Crippen LogP contribution >= 0.6 is 15.9 Å². The molecule has 2 aromatic carbocycles. The van der Waals surface area contributed by atoms with Crippen LogP contribution in [0.5, 0.6) is 0 Å². The van der Waals surface area contributed by atoms with Crippen molar-refractivity contribution in [3.05, 3.63) is 77.4 Å². The molecule has 5 heteroatoms. The number of hydrogen-bond acceptors (Lipinski definition) is 2. The van der Waals surface area contributed by atoms with Crippen molar-refractivity contribution in [3.63, 3.8) is 0 Å². The maximum atomic E-state index is 4.64. The highest BCUT2D eigenvalue weighted by molar-refractivity contribution is 9.10. The van der Waals surface area contributed by atoms with Crippen LogP contribution in [0.2, 0.25) is 0 Å². The zero-order valence-corrected chi connectivity index (χ0v) is 13.3. The van der Waals surface area contributed by atoms with Gasteiger partial charge < -0.3 is 4.57 Å². The van der Waals surface area contributed by atoms with E-state index in [1.54, 1.807) is 0 Å². The fourth-order valence-corrected chi connectivity index (χ4v) is 3.02. The van der Waals surface area contributed by atoms with Gasteiger partial charge in [-0.1, -0.05) is 30.3 Å². The first kappa shape index (κ1) is 13.3. The third kappa shape index (κ3) is 2.33. The van der Waals surface area contributed by atoms with E-state index in [0.717, 1.165) is 26.9 Å². The van der Waals surface area contributed by atoms with Crippen LogP contribution < -0.4 is 0 Å². The summed E-state index contributed by atoms with van der Waals surface area (Å²) < 4.78 is 5.02. The summed E-state index contributed by atoms with van der Waals surface area (Å²) >= 11 is 3.54. The summed E-state index contributed by atoms with van der Waals surface area (Å²) in [6, 6.07) is 16.3. The van der Waals surface area contributed by atoms with Gasteiger partial charge in [-0.25, -0.2) is 4.98 Å². The third-order valence-corrected chi connectivity index (χ3v) is 4.23. The molecule has 0 aliphatic carbocycles. The second-order valence-corrected chi connectivity index (χ2v) is 5.91. The molecule has 4 nitrogen and oxygen atoms in total. The highest BCUT2D eigenvalue weighted by atomic mass is 79.9. The lowest BCUT2D eigenvalue weighted by molar-refractivity contribution is 0.653. The van der Waals surface area contributed by atoms with Crippen molar-refractivity contribution in [2.45, 2.75) is 6.54 Å². The number of imidazole rings is 1. The molecule has 0 radical (unpaired) electrons. The van der Waals surface area contributed by atoms with E-state index in [-0.39, 0.29) is 0 Å². The molecular weight excluding hydrogens is 340 g/mol. The van der Waals surface area contributed by atoms with Gasteiger partial charge in [0.05, 0.1) is 6.54 Å². The SMILES string of the molecule is Brc1cccc2cn(Cc3nccn3-c3ccccc3)nc12. The molecule has 22 heavy (non-hydrogen) atoms. The molecule has 2 heterocycles. The van der Waals surface area contributed by atoms with Gasteiger partial charge in [-0.3, -0.25) is 4.68 Å². The molecule has 4 aromatic rings. The molecule has 108 valence electrons. The number of rotatable bonds is 3. The molecule has 0 unspecified atom stereocenters. The topological polar surface area (TPSA) is 35.6 Å². The van der Waals surface area contributed by atoms with E-state index in [9.17, 15) is 0 Å². The van der Waals surface area contributed by atoms with Crippen molar-refractivity contribution in [2.24, 2.45) is 0 Å². The summed E-state index contributed by atoms with van der Waals surface area (Å²) in [5.74, 6) is 0.954. The zero-order chi connectivity index (χ0) is 14.9. The lowest BCUT2D eigenvalue weighted by Crippen LogP contribution is -2.07. The Morgan fingerprint density at radius 2 is 1.86 bits per heavy atom. The van der Waals surface area contributed by atoms with Gasteiger partial charge in [-0.15, -0.1) is 0 Å². The quantitative estimate of drug-likeness (QED) is 0.557. The fraction of sp³-hybridized carbons (Fsp3) is 0.0588. The van der Waals surface area contributed by atoms with Crippen LogP contribution in [-0.2, 0) is 6.54 Å². The number of benzene rings is 2. The second kappa shape index (κ2) is 5.42. The van der Waals surface area contributed by atoms with Crippen molar-refractivity contribution in [1.29, 1.82) is 0 Å². The molecule has 0 N–H and O–H groups in total. The summed E-state index contributed by atoms with van der Waals surface area (Å²) in [5, 5.41) is 5.76. The van der Waals surface area contributed by atoms with E-state index in [2.05, 4.69) is 48.8 Å². The summed E-state index contributed by atoms with van der Waals surface area (Å²) in [6.07, 6.45) is 5.84. The normalized spacial score (nSPS) is 11.1. The molecule has 0 saturated heterocycles. The Morgan fingerprint density at radius 1 is 1.00 bits per heavy atom. The van der Waals surface area contributed by atoms with Crippen molar-refractivity contribution in [1.82, 2.24) is 19.3 Å². The van der Waals surface area contributed by atoms with Gasteiger partial charge in [-0.05, 0) is 34.1 Å². The number of hydrogen-bond donors (Lipinski definition) is 0. The van der Waals surface area contributed by atoms with Crippen molar-refractivity contribution < 1.29 is 0 Å². The van der Waals surface area contributed by atoms with Crippen LogP contribution in [-0.4, -0.2) is 19.3 Å². The fourth-order valence-electron chi connectivity index (χ4n) is 2.56. The number of nitrogens with zero attached hydrogens (tertiary/aromatic N) is 4. The minimum atomic E-state index is 0.628. The molecule has 2 aromatic heterocycles. The van der Waals surface area contributed by atoms with E-state index in [1.807, 2.05) is 53.6 Å². The third-order valence-electron chi connectivity index (χ3n) is 3.59. The Hall–Kier alpha value is -2.40. The molecule has 0 aliphatic heterocycles. The Labute approximate surface area is 136 Å². The predicted octanol–water partition coefficient (Wildman–Crippen LogP) is 4.03. The van der Waals surface area contributed by atoms with Gasteiger partial charge in [0.2, 0.25) is 0 Å². The Morgan fingerprint density at radius 3 is 2.68 bits per heavy atom. The monoisotopic (exact) mass is 352 g/mol. The van der Waals surface area contributed by atoms with Crippen molar-refractivity contribution >= 4 is 26.8 Å². The minimum Gasteiger partial charge on any atom is -0.302 e. The Kier molecular flexibility index (Phi) is 3.27. The molecule has 0 bridgehead atoms. The van der Waals surface area contributed by atoms with E-state index in [1.165, 1.54) is 0 Å². The van der Waals surface area contributed by atoms with Crippen LogP contribution in [0.1, 0.15) is 5.82 Å². The molecule has 0 amide bonds. The first-order valence-electron chi connectivity index (χ1n) is 7.00. The summed E-state index contributed by atoms with van der Waals surface area (Å²) in [5.41, 5.74) is 2.08. The number of fused-ring (bicyclic) bond motifs is 1. The number of halogens is 1. The average Bonchev–Trinajstić information content (AvgIpc) is 3.16. The average molecular weight is 353 g/mol. The Balaban J connectivity index is 1.72. The van der Waals surface area contributed by atoms with Gasteiger partial charge in [0, 0.05) is 34.1 Å². The maximum absolute atomic E-state index is 4.64. The maximum Gasteiger partial charge on any atom is 0.135 e. The smallest absolute Gasteiger partial charge is 0.135 e. The van der Waals surface area contributed by atoms with Crippen molar-refractivity contribution in [2.75, 3.05) is 0 Å². The van der Waals surface area contributed by atoms with Gasteiger partial charge in [0.15, 0.2) is 0 Å². The van der Waals surface area contributed by atoms with Crippen LogP contribution in [0.25, 0.3) is 16.6 Å². The first-order valence-corrected chi connectivity index (χ1v) is 7.80. The Bertz CT molecular complexity index is 924. The number of aromatic nitrogens is 4. The van der Waals surface area contributed by atoms with E-state index in [4.69, 9.17) is 0 Å². The van der Waals surface area contributed by atoms with Crippen molar-refractivity contribution in [3.8, 4) is 5.69 Å². The largest absolute Gasteiger partial charge is 0.302 e. The summed E-state index contributed by atoms with van der Waals surface area (Å²) in [7, 11) is 0. The zero-order valence-electron chi connectivity index (χ0n) is 11.7. The van der Waals surface area contributed by atoms with Crippen LogP contribution in [0.15, 0.2) is 71.6 Å². The van der Waals surface area contributed by atoms with Gasteiger partial charge in [0.25, 0.3) is 0 Å². The molecular formula is C17H13BrN4. The van der Waals surface area contributed by atoms with Gasteiger partial charge in [0.1, 0.15) is 11.3 Å². The first-order chi connectivity index (χ1) is 10.8. The van der Waals surface area contributed by atoms with Gasteiger partial charge in [-0.2, -0.15) is 5.10 Å². The standard InChI is InChI=1S/C17H13BrN4/c18-15-8-4-5-13-11-21(20-17(13)15)12-16-19-9-10-22(16)14-6-2-1-3-7-14/h1-11H,12H2. The second-order valence-electron chi connectivity index (χ2n) is 5.05. The highest BCUT2D eigenvalue weighted by Gasteiger charge is 2.08. The molecule has 0 atom stereocenters. The molecule has 0 fully saturated rings. The summed E-state index contributed by atoms with van der Waals surface area (Å²) in [4.78, 5) is 4.47. The molecule has 0 saturated carbocycles. The number of para-hydroxylation sites is 1. The van der Waals surface area contributed by atoms with E-state index in [0.29, 0.717) is 6.54 Å². The molecule has 0 aliphatic rings. The minimum absolute atomic E-state index is 0.628. The van der Waals surface area contributed by atoms with E-state index >= 15 is 0 Å². The molecule has 4 rings (SSSR count).